The molecule has 0 amide bonds. The van der Waals surface area contributed by atoms with Crippen LogP contribution < -0.4 is 9.47 Å². The summed E-state index contributed by atoms with van der Waals surface area (Å²) in [5, 5.41) is 2.09. The molecule has 136 valence electrons. The van der Waals surface area contributed by atoms with E-state index in [1.165, 1.54) is 4.31 Å². The van der Waals surface area contributed by atoms with Crippen molar-refractivity contribution in [2.24, 2.45) is 0 Å². The molecule has 0 aromatic heterocycles. The lowest BCUT2D eigenvalue weighted by Gasteiger charge is -2.18. The second kappa shape index (κ2) is 7.35. The summed E-state index contributed by atoms with van der Waals surface area (Å²) in [7, 11) is 1.19. The Balaban J connectivity index is 1.83. The van der Waals surface area contributed by atoms with Gasteiger partial charge in [0.05, 0.1) is 19.1 Å². The smallest absolute Gasteiger partial charge is 0.243 e. The van der Waals surface area contributed by atoms with Gasteiger partial charge in [0.2, 0.25) is 10.0 Å². The number of hydrogen-bond donors (Lipinski definition) is 0. The molecule has 3 aromatic carbocycles. The van der Waals surface area contributed by atoms with E-state index in [1.807, 2.05) is 36.4 Å². The summed E-state index contributed by atoms with van der Waals surface area (Å²) in [6.45, 7) is 0.288. The molecule has 0 atom stereocenters. The lowest BCUT2D eigenvalue weighted by atomic mass is 10.1. The van der Waals surface area contributed by atoms with Crippen LogP contribution in [0, 0.1) is 0 Å². The number of benzene rings is 3. The number of hydrogen-bond acceptors (Lipinski definition) is 4. The third kappa shape index (κ3) is 3.66. The summed E-state index contributed by atoms with van der Waals surface area (Å²) >= 11 is 0. The van der Waals surface area contributed by atoms with Crippen LogP contribution in [0.3, 0.4) is 0 Å². The normalized spacial score (nSPS) is 11.7. The molecule has 0 spiro atoms. The van der Waals surface area contributed by atoms with Crippen LogP contribution in [0.1, 0.15) is 5.56 Å². The van der Waals surface area contributed by atoms with E-state index >= 15 is 0 Å². The van der Waals surface area contributed by atoms with Gasteiger partial charge in [-0.2, -0.15) is 4.31 Å². The van der Waals surface area contributed by atoms with Gasteiger partial charge in [0.1, 0.15) is 11.5 Å². The number of rotatable bonds is 6. The van der Waals surface area contributed by atoms with E-state index in [0.29, 0.717) is 5.75 Å². The van der Waals surface area contributed by atoms with Crippen LogP contribution in [0.2, 0.25) is 0 Å². The van der Waals surface area contributed by atoms with Gasteiger partial charge in [-0.05, 0) is 58.8 Å². The van der Waals surface area contributed by atoms with Crippen LogP contribution in [0.4, 0.5) is 0 Å². The Labute approximate surface area is 153 Å². The first kappa shape index (κ1) is 18.2. The standard InChI is InChI=1S/C20H21NO4S/c1-21(26(22,23)20-10-8-18(24-2)9-11-20)14-15-4-5-17-13-19(25-3)7-6-16(17)12-15/h4-13H,14H2,1-3H3. The minimum absolute atomic E-state index is 0.242. The van der Waals surface area contributed by atoms with Crippen molar-refractivity contribution < 1.29 is 17.9 Å². The van der Waals surface area contributed by atoms with E-state index in [4.69, 9.17) is 9.47 Å². The summed E-state index contributed by atoms with van der Waals surface area (Å²) in [6.07, 6.45) is 0. The molecule has 0 radical (unpaired) electrons. The predicted octanol–water partition coefficient (Wildman–Crippen LogP) is 3.68. The molecule has 0 saturated heterocycles. The molecule has 0 bridgehead atoms. The van der Waals surface area contributed by atoms with Gasteiger partial charge in [-0.3, -0.25) is 0 Å². The van der Waals surface area contributed by atoms with E-state index in [1.54, 1.807) is 45.5 Å². The fraction of sp³-hybridized carbons (Fsp3) is 0.200. The molecule has 3 aromatic rings. The van der Waals surface area contributed by atoms with Crippen molar-refractivity contribution in [2.45, 2.75) is 11.4 Å². The van der Waals surface area contributed by atoms with Gasteiger partial charge in [-0.1, -0.05) is 18.2 Å². The molecule has 3 rings (SSSR count). The van der Waals surface area contributed by atoms with Crippen molar-refractivity contribution in [3.8, 4) is 11.5 Å². The molecule has 0 N–H and O–H groups in total. The minimum Gasteiger partial charge on any atom is -0.497 e. The second-order valence-electron chi connectivity index (χ2n) is 5.98. The summed E-state index contributed by atoms with van der Waals surface area (Å²) in [6, 6.07) is 18.1. The molecule has 0 saturated carbocycles. The Morgan fingerprint density at radius 1 is 0.808 bits per heavy atom. The van der Waals surface area contributed by atoms with E-state index in [9.17, 15) is 8.42 Å². The molecule has 5 nitrogen and oxygen atoms in total. The van der Waals surface area contributed by atoms with Crippen molar-refractivity contribution in [3.63, 3.8) is 0 Å². The Morgan fingerprint density at radius 3 is 2.04 bits per heavy atom. The van der Waals surface area contributed by atoms with Crippen LogP contribution in [-0.2, 0) is 16.6 Å². The molecule has 6 heteroatoms. The molecule has 0 aliphatic carbocycles. The largest absolute Gasteiger partial charge is 0.497 e. The maximum Gasteiger partial charge on any atom is 0.243 e. The Kier molecular flexibility index (Phi) is 5.15. The van der Waals surface area contributed by atoms with Gasteiger partial charge >= 0.3 is 0 Å². The molecular formula is C20H21NO4S. The highest BCUT2D eigenvalue weighted by Crippen LogP contribution is 2.24. The van der Waals surface area contributed by atoms with Gasteiger partial charge in [0, 0.05) is 13.6 Å². The highest BCUT2D eigenvalue weighted by Gasteiger charge is 2.21. The average Bonchev–Trinajstić information content (AvgIpc) is 2.67. The third-order valence-corrected chi connectivity index (χ3v) is 6.10. The number of sulfonamides is 1. The van der Waals surface area contributed by atoms with Gasteiger partial charge in [-0.15, -0.1) is 0 Å². The highest BCUT2D eigenvalue weighted by atomic mass is 32.2. The Morgan fingerprint density at radius 2 is 1.38 bits per heavy atom. The van der Waals surface area contributed by atoms with Crippen LogP contribution >= 0.6 is 0 Å². The fourth-order valence-electron chi connectivity index (χ4n) is 2.77. The molecule has 0 heterocycles. The van der Waals surface area contributed by atoms with Crippen molar-refractivity contribution in [1.82, 2.24) is 4.31 Å². The summed E-state index contributed by atoms with van der Waals surface area (Å²) < 4.78 is 37.2. The van der Waals surface area contributed by atoms with Crippen LogP contribution in [0.5, 0.6) is 11.5 Å². The molecule has 0 aliphatic heterocycles. The van der Waals surface area contributed by atoms with Gasteiger partial charge in [-0.25, -0.2) is 8.42 Å². The third-order valence-electron chi connectivity index (χ3n) is 4.28. The first-order chi connectivity index (χ1) is 12.4. The van der Waals surface area contributed by atoms with Crippen molar-refractivity contribution in [2.75, 3.05) is 21.3 Å². The van der Waals surface area contributed by atoms with Crippen LogP contribution in [0.15, 0.2) is 65.6 Å². The molecule has 0 unspecified atom stereocenters. The summed E-state index contributed by atoms with van der Waals surface area (Å²) in [5.41, 5.74) is 0.919. The topological polar surface area (TPSA) is 55.8 Å². The fourth-order valence-corrected chi connectivity index (χ4v) is 3.93. The Bertz CT molecular complexity index is 1010. The SMILES string of the molecule is COc1ccc(S(=O)(=O)N(C)Cc2ccc3cc(OC)ccc3c2)cc1. The van der Waals surface area contributed by atoms with Gasteiger partial charge < -0.3 is 9.47 Å². The number of fused-ring (bicyclic) bond motifs is 1. The summed E-state index contributed by atoms with van der Waals surface area (Å²) in [5.74, 6) is 1.42. The van der Waals surface area contributed by atoms with E-state index in [-0.39, 0.29) is 11.4 Å². The minimum atomic E-state index is -3.57. The lowest BCUT2D eigenvalue weighted by Crippen LogP contribution is -2.26. The number of methoxy groups -OCH3 is 2. The zero-order valence-electron chi connectivity index (χ0n) is 15.0. The van der Waals surface area contributed by atoms with E-state index in [2.05, 4.69) is 0 Å². The first-order valence-electron chi connectivity index (χ1n) is 8.11. The van der Waals surface area contributed by atoms with Crippen LogP contribution in [0.25, 0.3) is 10.8 Å². The molecule has 0 aliphatic rings. The quantitative estimate of drug-likeness (QED) is 0.663. The molecule has 0 fully saturated rings. The number of nitrogens with zero attached hydrogens (tertiary/aromatic N) is 1. The molecular weight excluding hydrogens is 350 g/mol. The van der Waals surface area contributed by atoms with Gasteiger partial charge in [0.15, 0.2) is 0 Å². The lowest BCUT2D eigenvalue weighted by molar-refractivity contribution is 0.414. The van der Waals surface area contributed by atoms with Crippen molar-refractivity contribution in [1.29, 1.82) is 0 Å². The predicted molar refractivity (Wildman–Crippen MR) is 102 cm³/mol. The number of ether oxygens (including phenoxy) is 2. The average molecular weight is 371 g/mol. The maximum absolute atomic E-state index is 12.8. The first-order valence-corrected chi connectivity index (χ1v) is 9.55. The zero-order valence-corrected chi connectivity index (χ0v) is 15.8. The van der Waals surface area contributed by atoms with Gasteiger partial charge in [0.25, 0.3) is 0 Å². The van der Waals surface area contributed by atoms with E-state index in [0.717, 1.165) is 22.1 Å². The van der Waals surface area contributed by atoms with Crippen molar-refractivity contribution in [3.05, 3.63) is 66.2 Å². The zero-order chi connectivity index (χ0) is 18.7. The Hall–Kier alpha value is -2.57. The maximum atomic E-state index is 12.8. The van der Waals surface area contributed by atoms with E-state index < -0.39 is 10.0 Å². The van der Waals surface area contributed by atoms with Crippen LogP contribution in [-0.4, -0.2) is 34.0 Å². The highest BCUT2D eigenvalue weighted by molar-refractivity contribution is 7.89. The molecule has 26 heavy (non-hydrogen) atoms. The second-order valence-corrected chi connectivity index (χ2v) is 8.03. The summed E-state index contributed by atoms with van der Waals surface area (Å²) in [4.78, 5) is 0.242. The monoisotopic (exact) mass is 371 g/mol. The van der Waals surface area contributed by atoms with Crippen molar-refractivity contribution >= 4 is 20.8 Å².